The van der Waals surface area contributed by atoms with E-state index in [-0.39, 0.29) is 5.69 Å². The van der Waals surface area contributed by atoms with Crippen LogP contribution in [-0.2, 0) is 4.79 Å². The van der Waals surface area contributed by atoms with Crippen molar-refractivity contribution in [1.29, 1.82) is 0 Å². The van der Waals surface area contributed by atoms with E-state index < -0.39 is 5.97 Å². The molecule has 0 aliphatic carbocycles. The van der Waals surface area contributed by atoms with Crippen molar-refractivity contribution in [3.8, 4) is 5.75 Å². The minimum atomic E-state index is -0.417. The molecule has 1 heterocycles. The van der Waals surface area contributed by atoms with Gasteiger partial charge in [0.1, 0.15) is 5.52 Å². The van der Waals surface area contributed by atoms with Gasteiger partial charge in [-0.2, -0.15) is 0 Å². The number of aromatic amines is 2. The summed E-state index contributed by atoms with van der Waals surface area (Å²) in [4.78, 5) is 26.8. The third-order valence-electron chi connectivity index (χ3n) is 1.77. The predicted molar refractivity (Wildman–Crippen MR) is 50.2 cm³/mol. The summed E-state index contributed by atoms with van der Waals surface area (Å²) >= 11 is 0. The predicted octanol–water partition coefficient (Wildman–Crippen LogP) is 0.781. The number of aromatic nitrogens is 2. The quantitative estimate of drug-likeness (QED) is 0.518. The van der Waals surface area contributed by atoms with Gasteiger partial charge in [-0.25, -0.2) is 4.79 Å². The van der Waals surface area contributed by atoms with Crippen molar-refractivity contribution < 1.29 is 9.53 Å². The van der Waals surface area contributed by atoms with E-state index in [4.69, 9.17) is 4.74 Å². The molecule has 0 aliphatic heterocycles. The smallest absolute Gasteiger partial charge is 0.323 e. The number of imidazole rings is 1. The van der Waals surface area contributed by atoms with Crippen LogP contribution in [0.4, 0.5) is 0 Å². The molecule has 0 spiro atoms. The normalized spacial score (nSPS) is 10.4. The fourth-order valence-electron chi connectivity index (χ4n) is 1.27. The Morgan fingerprint density at radius 3 is 2.86 bits per heavy atom. The van der Waals surface area contributed by atoms with Gasteiger partial charge < -0.3 is 14.7 Å². The van der Waals surface area contributed by atoms with E-state index in [1.54, 1.807) is 18.2 Å². The Labute approximate surface area is 78.7 Å². The Kier molecular flexibility index (Phi) is 1.85. The van der Waals surface area contributed by atoms with Crippen LogP contribution >= 0.6 is 0 Å². The number of hydrogen-bond donors (Lipinski definition) is 2. The fraction of sp³-hybridized carbons (Fsp3) is 0.111. The number of para-hydroxylation sites is 1. The van der Waals surface area contributed by atoms with E-state index in [1.807, 2.05) is 0 Å². The minimum absolute atomic E-state index is 0.320. The van der Waals surface area contributed by atoms with Crippen molar-refractivity contribution >= 4 is 17.0 Å². The number of nitrogens with one attached hydrogen (secondary N) is 2. The number of fused-ring (bicyclic) bond motifs is 1. The molecule has 0 aliphatic rings. The van der Waals surface area contributed by atoms with Crippen LogP contribution in [0.2, 0.25) is 0 Å². The van der Waals surface area contributed by atoms with Crippen LogP contribution in [0.3, 0.4) is 0 Å². The van der Waals surface area contributed by atoms with E-state index in [0.717, 1.165) is 0 Å². The van der Waals surface area contributed by atoms with Crippen LogP contribution < -0.4 is 10.4 Å². The molecule has 5 nitrogen and oxygen atoms in total. The summed E-state index contributed by atoms with van der Waals surface area (Å²) in [6, 6.07) is 5.04. The van der Waals surface area contributed by atoms with Crippen LogP contribution in [0, 0.1) is 0 Å². The maximum atomic E-state index is 11.0. The molecule has 0 saturated heterocycles. The van der Waals surface area contributed by atoms with E-state index in [9.17, 15) is 9.59 Å². The first kappa shape index (κ1) is 8.55. The molecule has 0 radical (unpaired) electrons. The maximum Gasteiger partial charge on any atom is 0.323 e. The molecular formula is C9H8N2O3. The lowest BCUT2D eigenvalue weighted by atomic mass is 10.3. The molecule has 2 N–H and O–H groups in total. The van der Waals surface area contributed by atoms with Crippen LogP contribution in [-0.4, -0.2) is 15.9 Å². The Morgan fingerprint density at radius 1 is 1.36 bits per heavy atom. The van der Waals surface area contributed by atoms with Crippen LogP contribution in [0.1, 0.15) is 6.92 Å². The van der Waals surface area contributed by atoms with Gasteiger partial charge in [-0.3, -0.25) is 4.79 Å². The third kappa shape index (κ3) is 1.39. The molecular weight excluding hydrogens is 184 g/mol. The zero-order valence-corrected chi connectivity index (χ0v) is 7.46. The van der Waals surface area contributed by atoms with Crippen LogP contribution in [0.25, 0.3) is 11.0 Å². The summed E-state index contributed by atoms with van der Waals surface area (Å²) in [6.45, 7) is 1.31. The summed E-state index contributed by atoms with van der Waals surface area (Å²) in [5.74, 6) is -0.0621. The summed E-state index contributed by atoms with van der Waals surface area (Å²) in [6.07, 6.45) is 0. The fourth-order valence-corrected chi connectivity index (χ4v) is 1.27. The zero-order chi connectivity index (χ0) is 10.1. The molecule has 0 saturated carbocycles. The van der Waals surface area contributed by atoms with Gasteiger partial charge in [-0.1, -0.05) is 6.07 Å². The van der Waals surface area contributed by atoms with Crippen LogP contribution in [0.15, 0.2) is 23.0 Å². The molecule has 1 aromatic carbocycles. The number of H-pyrrole nitrogens is 2. The van der Waals surface area contributed by atoms with Gasteiger partial charge >= 0.3 is 11.7 Å². The van der Waals surface area contributed by atoms with Gasteiger partial charge in [0.2, 0.25) is 0 Å². The highest BCUT2D eigenvalue weighted by Gasteiger charge is 2.06. The Hall–Kier alpha value is -2.04. The van der Waals surface area contributed by atoms with Gasteiger partial charge in [0.15, 0.2) is 5.75 Å². The number of esters is 1. The number of rotatable bonds is 1. The third-order valence-corrected chi connectivity index (χ3v) is 1.77. The maximum absolute atomic E-state index is 11.0. The van der Waals surface area contributed by atoms with Crippen molar-refractivity contribution in [1.82, 2.24) is 9.97 Å². The summed E-state index contributed by atoms with van der Waals surface area (Å²) in [5.41, 5.74) is 0.807. The van der Waals surface area contributed by atoms with Crippen molar-refractivity contribution in [3.63, 3.8) is 0 Å². The summed E-state index contributed by atoms with van der Waals surface area (Å²) in [5, 5.41) is 0. The molecule has 72 valence electrons. The number of benzene rings is 1. The monoisotopic (exact) mass is 192 g/mol. The highest BCUT2D eigenvalue weighted by molar-refractivity contribution is 5.84. The number of carbonyl (C=O) groups excluding carboxylic acids is 1. The summed E-state index contributed by atoms with van der Waals surface area (Å²) < 4.78 is 4.91. The second-order valence-electron chi connectivity index (χ2n) is 2.85. The van der Waals surface area contributed by atoms with Gasteiger partial charge in [0, 0.05) is 6.92 Å². The van der Waals surface area contributed by atoms with Gasteiger partial charge in [0.05, 0.1) is 5.52 Å². The van der Waals surface area contributed by atoms with Crippen molar-refractivity contribution in [2.24, 2.45) is 0 Å². The van der Waals surface area contributed by atoms with Crippen LogP contribution in [0.5, 0.6) is 5.75 Å². The van der Waals surface area contributed by atoms with Gasteiger partial charge in [-0.15, -0.1) is 0 Å². The Bertz CT molecular complexity index is 538. The average Bonchev–Trinajstić information content (AvgIpc) is 2.45. The first-order valence-corrected chi connectivity index (χ1v) is 4.06. The molecule has 0 amide bonds. The molecule has 5 heteroatoms. The molecule has 0 fully saturated rings. The Morgan fingerprint density at radius 2 is 2.14 bits per heavy atom. The topological polar surface area (TPSA) is 75.0 Å². The molecule has 2 aromatic rings. The Balaban J connectivity index is 2.64. The van der Waals surface area contributed by atoms with Crippen molar-refractivity contribution in [3.05, 3.63) is 28.7 Å². The molecule has 2 rings (SSSR count). The second-order valence-corrected chi connectivity index (χ2v) is 2.85. The van der Waals surface area contributed by atoms with Gasteiger partial charge in [-0.05, 0) is 12.1 Å². The lowest BCUT2D eigenvalue weighted by Crippen LogP contribution is -2.02. The van der Waals surface area contributed by atoms with Crippen molar-refractivity contribution in [2.45, 2.75) is 6.92 Å². The molecule has 0 unspecified atom stereocenters. The highest BCUT2D eigenvalue weighted by atomic mass is 16.5. The van der Waals surface area contributed by atoms with E-state index >= 15 is 0 Å². The SMILES string of the molecule is CC(=O)Oc1cccc2[nH]c(=O)[nH]c12. The highest BCUT2D eigenvalue weighted by Crippen LogP contribution is 2.20. The van der Waals surface area contributed by atoms with Gasteiger partial charge in [0.25, 0.3) is 0 Å². The average molecular weight is 192 g/mol. The zero-order valence-electron chi connectivity index (χ0n) is 7.46. The van der Waals surface area contributed by atoms with E-state index in [1.165, 1.54) is 6.92 Å². The number of carbonyl (C=O) groups is 1. The standard InChI is InChI=1S/C9H8N2O3/c1-5(12)14-7-4-2-3-6-8(7)11-9(13)10-6/h2-4H,1H3,(H2,10,11,13). The summed E-state index contributed by atoms with van der Waals surface area (Å²) in [7, 11) is 0. The first-order chi connectivity index (χ1) is 6.66. The molecule has 0 atom stereocenters. The van der Waals surface area contributed by atoms with E-state index in [0.29, 0.717) is 16.8 Å². The van der Waals surface area contributed by atoms with Crippen molar-refractivity contribution in [2.75, 3.05) is 0 Å². The minimum Gasteiger partial charge on any atom is -0.424 e. The molecule has 1 aromatic heterocycles. The largest absolute Gasteiger partial charge is 0.424 e. The molecule has 14 heavy (non-hydrogen) atoms. The lowest BCUT2D eigenvalue weighted by Gasteiger charge is -2.00. The first-order valence-electron chi connectivity index (χ1n) is 4.06. The lowest BCUT2D eigenvalue weighted by molar-refractivity contribution is -0.131. The number of hydrogen-bond acceptors (Lipinski definition) is 3. The second kappa shape index (κ2) is 3.02. The molecule has 0 bridgehead atoms. The number of ether oxygens (including phenoxy) is 1. The van der Waals surface area contributed by atoms with E-state index in [2.05, 4.69) is 9.97 Å².